The molecule has 0 atom stereocenters. The van der Waals surface area contributed by atoms with Gasteiger partial charge in [-0.15, -0.1) is 11.8 Å². The van der Waals surface area contributed by atoms with E-state index in [0.717, 1.165) is 6.07 Å². The third-order valence-corrected chi connectivity index (χ3v) is 3.05. The van der Waals surface area contributed by atoms with Crippen LogP contribution in [0.25, 0.3) is 0 Å². The molecule has 96 valence electrons. The van der Waals surface area contributed by atoms with E-state index >= 15 is 0 Å². The minimum absolute atomic E-state index is 0.362. The highest BCUT2D eigenvalue weighted by atomic mass is 32.2. The molecular formula is C12H16F2O2S. The summed E-state index contributed by atoms with van der Waals surface area (Å²) >= 11 is 1.25. The lowest BCUT2D eigenvalue weighted by atomic mass is 10.3. The molecule has 0 heterocycles. The van der Waals surface area contributed by atoms with Gasteiger partial charge < -0.3 is 9.47 Å². The predicted molar refractivity (Wildman–Crippen MR) is 64.1 cm³/mol. The van der Waals surface area contributed by atoms with E-state index in [1.54, 1.807) is 0 Å². The monoisotopic (exact) mass is 262 g/mol. The van der Waals surface area contributed by atoms with Crippen LogP contribution in [0.4, 0.5) is 8.78 Å². The minimum atomic E-state index is -0.571. The molecule has 1 aromatic carbocycles. The largest absolute Gasteiger partial charge is 0.352 e. The van der Waals surface area contributed by atoms with Gasteiger partial charge in [-0.2, -0.15) is 0 Å². The van der Waals surface area contributed by atoms with Crippen LogP contribution in [0.3, 0.4) is 0 Å². The molecule has 0 aliphatic heterocycles. The molecule has 0 radical (unpaired) electrons. The normalized spacial score (nSPS) is 11.1. The highest BCUT2D eigenvalue weighted by Gasteiger charge is 2.11. The van der Waals surface area contributed by atoms with Crippen molar-refractivity contribution in [3.8, 4) is 0 Å². The summed E-state index contributed by atoms with van der Waals surface area (Å²) in [6.45, 7) is 4.82. The van der Waals surface area contributed by atoms with Gasteiger partial charge in [0.15, 0.2) is 6.29 Å². The summed E-state index contributed by atoms with van der Waals surface area (Å²) in [5.74, 6) is -0.649. The highest BCUT2D eigenvalue weighted by Crippen LogP contribution is 2.23. The van der Waals surface area contributed by atoms with Crippen molar-refractivity contribution < 1.29 is 18.3 Å². The number of ether oxygens (including phenoxy) is 2. The molecule has 0 unspecified atom stereocenters. The smallest absolute Gasteiger partial charge is 0.166 e. The standard InChI is InChI=1S/C12H16F2O2S/c1-3-15-12(16-4-2)8-17-11-6-5-9(13)7-10(11)14/h5-7,12H,3-4,8H2,1-2H3. The molecule has 0 amide bonds. The van der Waals surface area contributed by atoms with Gasteiger partial charge >= 0.3 is 0 Å². The van der Waals surface area contributed by atoms with Crippen molar-refractivity contribution in [2.75, 3.05) is 19.0 Å². The highest BCUT2D eigenvalue weighted by molar-refractivity contribution is 7.99. The fraction of sp³-hybridized carbons (Fsp3) is 0.500. The Morgan fingerprint density at radius 2 is 1.82 bits per heavy atom. The van der Waals surface area contributed by atoms with Gasteiger partial charge in [-0.05, 0) is 26.0 Å². The van der Waals surface area contributed by atoms with Crippen molar-refractivity contribution in [2.24, 2.45) is 0 Å². The molecule has 0 saturated heterocycles. The lowest BCUT2D eigenvalue weighted by Crippen LogP contribution is -2.20. The number of hydrogen-bond donors (Lipinski definition) is 0. The number of rotatable bonds is 7. The summed E-state index contributed by atoms with van der Waals surface area (Å²) in [5, 5.41) is 0. The lowest BCUT2D eigenvalue weighted by molar-refractivity contribution is -0.120. The van der Waals surface area contributed by atoms with E-state index in [-0.39, 0.29) is 6.29 Å². The van der Waals surface area contributed by atoms with E-state index in [1.165, 1.54) is 23.9 Å². The Morgan fingerprint density at radius 3 is 2.35 bits per heavy atom. The first kappa shape index (κ1) is 14.4. The van der Waals surface area contributed by atoms with Crippen molar-refractivity contribution in [3.05, 3.63) is 29.8 Å². The van der Waals surface area contributed by atoms with Gasteiger partial charge in [0.05, 0.1) is 0 Å². The van der Waals surface area contributed by atoms with Crippen LogP contribution in [-0.2, 0) is 9.47 Å². The molecule has 0 aliphatic carbocycles. The van der Waals surface area contributed by atoms with Gasteiger partial charge in [-0.1, -0.05) is 0 Å². The molecule has 0 aromatic heterocycles. The average Bonchev–Trinajstić information content (AvgIpc) is 2.28. The summed E-state index contributed by atoms with van der Waals surface area (Å²) in [4.78, 5) is 0.399. The van der Waals surface area contributed by atoms with Gasteiger partial charge in [0.25, 0.3) is 0 Å². The first-order chi connectivity index (χ1) is 8.17. The SMILES string of the molecule is CCOC(CSc1ccc(F)cc1F)OCC. The third-order valence-electron chi connectivity index (χ3n) is 1.97. The van der Waals surface area contributed by atoms with Gasteiger partial charge in [0.2, 0.25) is 0 Å². The Bertz CT molecular complexity index is 341. The van der Waals surface area contributed by atoms with Gasteiger partial charge in [-0.25, -0.2) is 8.78 Å². The quantitative estimate of drug-likeness (QED) is 0.554. The molecule has 0 saturated carbocycles. The number of halogens is 2. The number of thioether (sulfide) groups is 1. The Labute approximate surface area is 104 Å². The number of benzene rings is 1. The third kappa shape index (κ3) is 5.02. The van der Waals surface area contributed by atoms with Crippen molar-refractivity contribution in [1.82, 2.24) is 0 Å². The minimum Gasteiger partial charge on any atom is -0.352 e. The summed E-state index contributed by atoms with van der Waals surface area (Å²) in [7, 11) is 0. The van der Waals surface area contributed by atoms with Crippen LogP contribution < -0.4 is 0 Å². The van der Waals surface area contributed by atoms with E-state index in [1.807, 2.05) is 13.8 Å². The van der Waals surface area contributed by atoms with Crippen LogP contribution >= 0.6 is 11.8 Å². The van der Waals surface area contributed by atoms with Crippen LogP contribution in [0, 0.1) is 11.6 Å². The predicted octanol–water partition coefficient (Wildman–Crippen LogP) is 3.46. The topological polar surface area (TPSA) is 18.5 Å². The van der Waals surface area contributed by atoms with Crippen LogP contribution in [0.5, 0.6) is 0 Å². The molecule has 0 aliphatic rings. The second-order valence-electron chi connectivity index (χ2n) is 3.23. The Hall–Kier alpha value is -0.650. The van der Waals surface area contributed by atoms with Crippen molar-refractivity contribution >= 4 is 11.8 Å². The molecule has 0 fully saturated rings. The second kappa shape index (κ2) is 7.63. The van der Waals surface area contributed by atoms with Crippen LogP contribution in [0.1, 0.15) is 13.8 Å². The van der Waals surface area contributed by atoms with Gasteiger partial charge in [0.1, 0.15) is 11.6 Å². The van der Waals surface area contributed by atoms with Crippen molar-refractivity contribution in [3.63, 3.8) is 0 Å². The molecule has 17 heavy (non-hydrogen) atoms. The maximum Gasteiger partial charge on any atom is 0.166 e. The Balaban J connectivity index is 2.52. The molecule has 1 rings (SSSR count). The Morgan fingerprint density at radius 1 is 1.18 bits per heavy atom. The maximum atomic E-state index is 13.3. The van der Waals surface area contributed by atoms with E-state index in [9.17, 15) is 8.78 Å². The van der Waals surface area contributed by atoms with E-state index in [0.29, 0.717) is 23.9 Å². The second-order valence-corrected chi connectivity index (χ2v) is 4.29. The molecule has 1 aromatic rings. The van der Waals surface area contributed by atoms with Crippen molar-refractivity contribution in [2.45, 2.75) is 25.0 Å². The summed E-state index contributed by atoms with van der Waals surface area (Å²) in [6, 6.07) is 3.53. The van der Waals surface area contributed by atoms with Crippen LogP contribution in [0.2, 0.25) is 0 Å². The summed E-state index contributed by atoms with van der Waals surface area (Å²) in [6.07, 6.45) is -0.362. The average molecular weight is 262 g/mol. The zero-order valence-electron chi connectivity index (χ0n) is 9.91. The van der Waals surface area contributed by atoms with Gasteiger partial charge in [0, 0.05) is 29.9 Å². The summed E-state index contributed by atoms with van der Waals surface area (Å²) in [5.41, 5.74) is 0. The van der Waals surface area contributed by atoms with E-state index in [4.69, 9.17) is 9.47 Å². The zero-order chi connectivity index (χ0) is 12.7. The van der Waals surface area contributed by atoms with Crippen LogP contribution in [0.15, 0.2) is 23.1 Å². The summed E-state index contributed by atoms with van der Waals surface area (Å²) < 4.78 is 36.7. The molecule has 2 nitrogen and oxygen atoms in total. The fourth-order valence-electron chi connectivity index (χ4n) is 1.27. The van der Waals surface area contributed by atoms with Crippen LogP contribution in [-0.4, -0.2) is 25.3 Å². The lowest BCUT2D eigenvalue weighted by Gasteiger charge is -2.16. The first-order valence-corrected chi connectivity index (χ1v) is 6.47. The zero-order valence-corrected chi connectivity index (χ0v) is 10.7. The molecule has 0 N–H and O–H groups in total. The number of hydrogen-bond acceptors (Lipinski definition) is 3. The molecule has 0 spiro atoms. The fourth-order valence-corrected chi connectivity index (χ4v) is 2.14. The van der Waals surface area contributed by atoms with E-state index in [2.05, 4.69) is 0 Å². The first-order valence-electron chi connectivity index (χ1n) is 5.48. The molecule has 0 bridgehead atoms. The van der Waals surface area contributed by atoms with Crippen molar-refractivity contribution in [1.29, 1.82) is 0 Å². The molecule has 5 heteroatoms. The Kier molecular flexibility index (Phi) is 6.47. The van der Waals surface area contributed by atoms with E-state index < -0.39 is 11.6 Å². The molecular weight excluding hydrogens is 246 g/mol. The maximum absolute atomic E-state index is 13.3. The van der Waals surface area contributed by atoms with Gasteiger partial charge in [-0.3, -0.25) is 0 Å².